The molecule has 0 saturated heterocycles. The van der Waals surface area contributed by atoms with Crippen molar-refractivity contribution in [1.82, 2.24) is 10.3 Å². The van der Waals surface area contributed by atoms with Crippen molar-refractivity contribution in [2.24, 2.45) is 0 Å². The third-order valence-corrected chi connectivity index (χ3v) is 2.90. The predicted molar refractivity (Wildman–Crippen MR) is 55.1 cm³/mol. The fourth-order valence-electron chi connectivity index (χ4n) is 0.939. The van der Waals surface area contributed by atoms with E-state index in [9.17, 15) is 0 Å². The first-order valence-electron chi connectivity index (χ1n) is 4.20. The van der Waals surface area contributed by atoms with Crippen LogP contribution in [0.4, 0.5) is 0 Å². The zero-order valence-corrected chi connectivity index (χ0v) is 9.03. The molecule has 0 saturated carbocycles. The summed E-state index contributed by atoms with van der Waals surface area (Å²) in [7, 11) is 0. The topological polar surface area (TPSA) is 45.1 Å². The summed E-state index contributed by atoms with van der Waals surface area (Å²) in [5.74, 6) is 0. The molecular weight excluding hydrogens is 208 g/mol. The molecule has 0 aromatic carbocycles. The van der Waals surface area contributed by atoms with Crippen LogP contribution in [0.1, 0.15) is 18.4 Å². The Labute approximate surface area is 86.8 Å². The molecular formula is C8H13ClN2OS. The number of halogens is 1. The van der Waals surface area contributed by atoms with Gasteiger partial charge in [-0.05, 0) is 6.42 Å². The van der Waals surface area contributed by atoms with Crippen molar-refractivity contribution in [2.75, 3.05) is 6.61 Å². The van der Waals surface area contributed by atoms with Gasteiger partial charge in [0.15, 0.2) is 0 Å². The lowest BCUT2D eigenvalue weighted by atomic mass is 10.2. The van der Waals surface area contributed by atoms with Crippen molar-refractivity contribution >= 4 is 22.9 Å². The molecule has 0 aliphatic carbocycles. The van der Waals surface area contributed by atoms with E-state index in [-0.39, 0.29) is 12.6 Å². The molecule has 13 heavy (non-hydrogen) atoms. The molecule has 74 valence electrons. The number of hydrogen-bond acceptors (Lipinski definition) is 4. The highest BCUT2D eigenvalue weighted by atomic mass is 35.5. The van der Waals surface area contributed by atoms with Gasteiger partial charge in [-0.2, -0.15) is 0 Å². The number of rotatable bonds is 5. The molecule has 0 unspecified atom stereocenters. The van der Waals surface area contributed by atoms with Crippen molar-refractivity contribution in [2.45, 2.75) is 25.9 Å². The molecule has 1 atom stereocenters. The lowest BCUT2D eigenvalue weighted by Gasteiger charge is -2.11. The molecule has 2 N–H and O–H groups in total. The maximum absolute atomic E-state index is 8.90. The summed E-state index contributed by atoms with van der Waals surface area (Å²) in [6, 6.07) is 0.155. The summed E-state index contributed by atoms with van der Waals surface area (Å²) in [5.41, 5.74) is 0. The van der Waals surface area contributed by atoms with Gasteiger partial charge in [-0.15, -0.1) is 11.3 Å². The quantitative estimate of drug-likeness (QED) is 0.794. The number of hydrogen-bond donors (Lipinski definition) is 2. The summed E-state index contributed by atoms with van der Waals surface area (Å²) >= 11 is 7.18. The van der Waals surface area contributed by atoms with Crippen LogP contribution in [0.2, 0.25) is 4.34 Å². The standard InChI is InChI=1S/C8H13ClN2OS/c1-2-6(5-12)10-4-8-11-3-7(9)13-8/h3,6,10,12H,2,4-5H2,1H3/t6-/m1/s1. The molecule has 1 aromatic heterocycles. The molecule has 0 amide bonds. The second-order valence-corrected chi connectivity index (χ2v) is 4.47. The first kappa shape index (κ1) is 10.9. The highest BCUT2D eigenvalue weighted by molar-refractivity contribution is 7.15. The van der Waals surface area contributed by atoms with Crippen LogP contribution in [0, 0.1) is 0 Å². The number of aliphatic hydroxyl groups is 1. The number of nitrogens with zero attached hydrogens (tertiary/aromatic N) is 1. The molecule has 1 aromatic rings. The second kappa shape index (κ2) is 5.54. The number of aromatic nitrogens is 1. The van der Waals surface area contributed by atoms with Gasteiger partial charge in [0.25, 0.3) is 0 Å². The fraction of sp³-hybridized carbons (Fsp3) is 0.625. The van der Waals surface area contributed by atoms with Gasteiger partial charge < -0.3 is 10.4 Å². The highest BCUT2D eigenvalue weighted by Gasteiger charge is 2.05. The van der Waals surface area contributed by atoms with Crippen molar-refractivity contribution in [3.63, 3.8) is 0 Å². The SMILES string of the molecule is CC[C@H](CO)NCc1ncc(Cl)s1. The van der Waals surface area contributed by atoms with Crippen LogP contribution in [0.25, 0.3) is 0 Å². The van der Waals surface area contributed by atoms with Gasteiger partial charge in [0.2, 0.25) is 0 Å². The Bertz CT molecular complexity index is 250. The largest absolute Gasteiger partial charge is 0.395 e. The number of nitrogens with one attached hydrogen (secondary N) is 1. The van der Waals surface area contributed by atoms with Crippen molar-refractivity contribution in [1.29, 1.82) is 0 Å². The molecule has 1 rings (SSSR count). The molecule has 3 nitrogen and oxygen atoms in total. The van der Waals surface area contributed by atoms with E-state index in [4.69, 9.17) is 16.7 Å². The lowest BCUT2D eigenvalue weighted by Crippen LogP contribution is -2.31. The Morgan fingerprint density at radius 2 is 2.54 bits per heavy atom. The normalized spacial score (nSPS) is 13.2. The average molecular weight is 221 g/mol. The van der Waals surface area contributed by atoms with Crippen molar-refractivity contribution in [3.05, 3.63) is 15.5 Å². The summed E-state index contributed by atoms with van der Waals surface area (Å²) in [6.07, 6.45) is 2.55. The predicted octanol–water partition coefficient (Wildman–Crippen LogP) is 1.66. The summed E-state index contributed by atoms with van der Waals surface area (Å²) in [4.78, 5) is 4.10. The minimum atomic E-state index is 0.155. The monoisotopic (exact) mass is 220 g/mol. The van der Waals surface area contributed by atoms with Gasteiger partial charge in [0.1, 0.15) is 9.34 Å². The van der Waals surface area contributed by atoms with Crippen LogP contribution in [0.15, 0.2) is 6.20 Å². The third-order valence-electron chi connectivity index (χ3n) is 1.78. The minimum absolute atomic E-state index is 0.155. The molecule has 1 heterocycles. The number of thiazole rings is 1. The molecule has 0 bridgehead atoms. The van der Waals surface area contributed by atoms with E-state index >= 15 is 0 Å². The first-order valence-corrected chi connectivity index (χ1v) is 5.40. The Morgan fingerprint density at radius 3 is 3.00 bits per heavy atom. The van der Waals surface area contributed by atoms with Gasteiger partial charge >= 0.3 is 0 Å². The number of aliphatic hydroxyl groups excluding tert-OH is 1. The van der Waals surface area contributed by atoms with Gasteiger partial charge in [-0.1, -0.05) is 18.5 Å². The smallest absolute Gasteiger partial charge is 0.113 e. The van der Waals surface area contributed by atoms with Crippen LogP contribution in [-0.2, 0) is 6.54 Å². The van der Waals surface area contributed by atoms with E-state index in [0.29, 0.717) is 10.9 Å². The highest BCUT2D eigenvalue weighted by Crippen LogP contribution is 2.17. The lowest BCUT2D eigenvalue weighted by molar-refractivity contribution is 0.238. The van der Waals surface area contributed by atoms with E-state index in [1.165, 1.54) is 11.3 Å². The first-order chi connectivity index (χ1) is 6.26. The average Bonchev–Trinajstić information content (AvgIpc) is 2.53. The van der Waals surface area contributed by atoms with Gasteiger partial charge in [-0.3, -0.25) is 0 Å². The van der Waals surface area contributed by atoms with Crippen LogP contribution in [-0.4, -0.2) is 22.7 Å². The summed E-state index contributed by atoms with van der Waals surface area (Å²) < 4.78 is 0.703. The Balaban J connectivity index is 2.33. The second-order valence-electron chi connectivity index (χ2n) is 2.73. The van der Waals surface area contributed by atoms with E-state index in [2.05, 4.69) is 10.3 Å². The Kier molecular flexibility index (Phi) is 4.66. The minimum Gasteiger partial charge on any atom is -0.395 e. The molecule has 5 heteroatoms. The molecule has 0 spiro atoms. The van der Waals surface area contributed by atoms with Crippen LogP contribution in [0.3, 0.4) is 0 Å². The molecule has 0 aliphatic rings. The van der Waals surface area contributed by atoms with E-state index in [0.717, 1.165) is 11.4 Å². The zero-order valence-electron chi connectivity index (χ0n) is 7.46. The van der Waals surface area contributed by atoms with E-state index < -0.39 is 0 Å². The van der Waals surface area contributed by atoms with E-state index in [1.54, 1.807) is 6.20 Å². The molecule has 0 radical (unpaired) electrons. The maximum Gasteiger partial charge on any atom is 0.113 e. The third kappa shape index (κ3) is 3.60. The van der Waals surface area contributed by atoms with Crippen molar-refractivity contribution < 1.29 is 5.11 Å². The summed E-state index contributed by atoms with van der Waals surface area (Å²) in [5, 5.41) is 13.0. The van der Waals surface area contributed by atoms with E-state index in [1.807, 2.05) is 6.92 Å². The Hall–Kier alpha value is -0.160. The summed E-state index contributed by atoms with van der Waals surface area (Å²) in [6.45, 7) is 2.87. The van der Waals surface area contributed by atoms with Gasteiger partial charge in [0.05, 0.1) is 12.8 Å². The maximum atomic E-state index is 8.90. The van der Waals surface area contributed by atoms with Gasteiger partial charge in [0, 0.05) is 12.6 Å². The van der Waals surface area contributed by atoms with Crippen LogP contribution >= 0.6 is 22.9 Å². The molecule has 0 fully saturated rings. The molecule has 0 aliphatic heterocycles. The zero-order chi connectivity index (χ0) is 9.68. The van der Waals surface area contributed by atoms with Crippen molar-refractivity contribution in [3.8, 4) is 0 Å². The van der Waals surface area contributed by atoms with Crippen LogP contribution in [0.5, 0.6) is 0 Å². The van der Waals surface area contributed by atoms with Gasteiger partial charge in [-0.25, -0.2) is 4.98 Å². The Morgan fingerprint density at radius 1 is 1.77 bits per heavy atom. The fourth-order valence-corrected chi connectivity index (χ4v) is 1.85. The van der Waals surface area contributed by atoms with Crippen LogP contribution < -0.4 is 5.32 Å².